The van der Waals surface area contributed by atoms with Crippen molar-refractivity contribution in [1.29, 1.82) is 0 Å². The number of halogens is 2. The molecule has 8 heteroatoms. The molecule has 2 aromatic rings. The van der Waals surface area contributed by atoms with Gasteiger partial charge < -0.3 is 9.84 Å². The van der Waals surface area contributed by atoms with Crippen LogP contribution in [0.3, 0.4) is 0 Å². The van der Waals surface area contributed by atoms with Gasteiger partial charge in [0.1, 0.15) is 22.1 Å². The molecule has 0 fully saturated rings. The lowest BCUT2D eigenvalue weighted by molar-refractivity contribution is 0.0636. The van der Waals surface area contributed by atoms with Crippen molar-refractivity contribution in [2.24, 2.45) is 0 Å². The number of carbonyl (C=O) groups excluding carboxylic acids is 1. The third-order valence-electron chi connectivity index (χ3n) is 2.76. The van der Waals surface area contributed by atoms with Gasteiger partial charge in [0.2, 0.25) is 0 Å². The molecule has 128 valence electrons. The maximum Gasteiger partial charge on any atom is 0.412 e. The maximum atomic E-state index is 13.9. The topological polar surface area (TPSA) is 75.6 Å². The summed E-state index contributed by atoms with van der Waals surface area (Å²) in [5.41, 5.74) is -0.725. The Kier molecular flexibility index (Phi) is 4.88. The molecule has 1 aromatic heterocycles. The van der Waals surface area contributed by atoms with E-state index in [2.05, 4.69) is 5.32 Å². The number of aromatic carboxylic acids is 1. The molecular formula is C16H15F2NO4S. The van der Waals surface area contributed by atoms with E-state index in [0.717, 1.165) is 17.4 Å². The summed E-state index contributed by atoms with van der Waals surface area (Å²) in [6, 6.07) is 4.30. The van der Waals surface area contributed by atoms with Gasteiger partial charge in [-0.15, -0.1) is 11.3 Å². The third kappa shape index (κ3) is 4.29. The van der Waals surface area contributed by atoms with Crippen LogP contribution in [0.1, 0.15) is 30.4 Å². The van der Waals surface area contributed by atoms with Gasteiger partial charge in [-0.2, -0.15) is 0 Å². The Morgan fingerprint density at radius 2 is 1.88 bits per heavy atom. The number of carbonyl (C=O) groups is 2. The molecule has 0 bridgehead atoms. The number of rotatable bonds is 3. The summed E-state index contributed by atoms with van der Waals surface area (Å²) in [5.74, 6) is -2.84. The van der Waals surface area contributed by atoms with Gasteiger partial charge >= 0.3 is 12.1 Å². The van der Waals surface area contributed by atoms with Crippen LogP contribution in [0.15, 0.2) is 24.3 Å². The molecule has 1 amide bonds. The summed E-state index contributed by atoms with van der Waals surface area (Å²) in [7, 11) is 0. The summed E-state index contributed by atoms with van der Waals surface area (Å²) >= 11 is 0.768. The molecule has 0 unspecified atom stereocenters. The highest BCUT2D eigenvalue weighted by molar-refractivity contribution is 7.18. The van der Waals surface area contributed by atoms with Gasteiger partial charge in [0.05, 0.1) is 5.69 Å². The second-order valence-electron chi connectivity index (χ2n) is 5.91. The highest BCUT2D eigenvalue weighted by atomic mass is 32.1. The summed E-state index contributed by atoms with van der Waals surface area (Å²) in [5, 5.41) is 11.6. The van der Waals surface area contributed by atoms with E-state index in [1.165, 1.54) is 12.1 Å². The number of amides is 1. The highest BCUT2D eigenvalue weighted by Crippen LogP contribution is 2.36. The van der Waals surface area contributed by atoms with Crippen LogP contribution < -0.4 is 5.32 Å². The van der Waals surface area contributed by atoms with E-state index >= 15 is 0 Å². The van der Waals surface area contributed by atoms with Gasteiger partial charge in [-0.05, 0) is 39.0 Å². The predicted molar refractivity (Wildman–Crippen MR) is 86.5 cm³/mol. The Balaban J connectivity index is 2.37. The van der Waals surface area contributed by atoms with Crippen molar-refractivity contribution < 1.29 is 28.2 Å². The van der Waals surface area contributed by atoms with Crippen LogP contribution in [-0.2, 0) is 4.74 Å². The summed E-state index contributed by atoms with van der Waals surface area (Å²) < 4.78 is 31.9. The summed E-state index contributed by atoms with van der Waals surface area (Å²) in [6.07, 6.45) is -0.825. The number of anilines is 1. The van der Waals surface area contributed by atoms with E-state index in [9.17, 15) is 23.5 Å². The number of thiophene rings is 1. The summed E-state index contributed by atoms with van der Waals surface area (Å²) in [4.78, 5) is 23.2. The highest BCUT2D eigenvalue weighted by Gasteiger charge is 2.22. The lowest BCUT2D eigenvalue weighted by atomic mass is 10.1. The van der Waals surface area contributed by atoms with E-state index in [1.807, 2.05) is 0 Å². The van der Waals surface area contributed by atoms with Crippen LogP contribution in [0, 0.1) is 11.6 Å². The molecule has 0 aliphatic heterocycles. The molecule has 0 spiro atoms. The van der Waals surface area contributed by atoms with Crippen molar-refractivity contribution in [2.75, 3.05) is 5.32 Å². The van der Waals surface area contributed by atoms with Crippen molar-refractivity contribution in [3.63, 3.8) is 0 Å². The molecule has 24 heavy (non-hydrogen) atoms. The smallest absolute Gasteiger partial charge is 0.412 e. The Bertz CT molecular complexity index is 796. The molecule has 0 saturated carbocycles. The fraction of sp³-hybridized carbons (Fsp3) is 0.250. The van der Waals surface area contributed by atoms with E-state index in [0.29, 0.717) is 6.07 Å². The Morgan fingerprint density at radius 3 is 2.42 bits per heavy atom. The Labute approximate surface area is 140 Å². The van der Waals surface area contributed by atoms with Crippen LogP contribution in [0.25, 0.3) is 10.4 Å². The zero-order valence-electron chi connectivity index (χ0n) is 13.1. The molecule has 1 heterocycles. The van der Waals surface area contributed by atoms with Crippen molar-refractivity contribution >= 4 is 29.1 Å². The Morgan fingerprint density at radius 1 is 1.21 bits per heavy atom. The van der Waals surface area contributed by atoms with E-state index in [1.54, 1.807) is 20.8 Å². The molecule has 0 saturated heterocycles. The molecule has 0 atom stereocenters. The lowest BCUT2D eigenvalue weighted by Gasteiger charge is -2.19. The van der Waals surface area contributed by atoms with Crippen molar-refractivity contribution in [3.8, 4) is 10.4 Å². The SMILES string of the molecule is CC(C)(C)OC(=O)Nc1cc(-c2ccc(F)cc2F)sc1C(=O)O. The van der Waals surface area contributed by atoms with Gasteiger partial charge in [-0.25, -0.2) is 18.4 Å². The van der Waals surface area contributed by atoms with Crippen LogP contribution >= 0.6 is 11.3 Å². The van der Waals surface area contributed by atoms with Gasteiger partial charge in [0, 0.05) is 16.5 Å². The number of hydrogen-bond donors (Lipinski definition) is 2. The van der Waals surface area contributed by atoms with Crippen LogP contribution in [-0.4, -0.2) is 22.8 Å². The Hall–Kier alpha value is -2.48. The number of benzene rings is 1. The minimum atomic E-state index is -1.28. The average Bonchev–Trinajstić information content (AvgIpc) is 2.79. The summed E-state index contributed by atoms with van der Waals surface area (Å²) in [6.45, 7) is 4.99. The van der Waals surface area contributed by atoms with Crippen LogP contribution in [0.5, 0.6) is 0 Å². The molecular weight excluding hydrogens is 340 g/mol. The number of ether oxygens (including phenoxy) is 1. The minimum absolute atomic E-state index is 0.0134. The first kappa shape index (κ1) is 17.9. The van der Waals surface area contributed by atoms with Gasteiger partial charge in [-0.3, -0.25) is 5.32 Å². The van der Waals surface area contributed by atoms with Gasteiger partial charge in [0.25, 0.3) is 0 Å². The van der Waals surface area contributed by atoms with Crippen molar-refractivity contribution in [3.05, 3.63) is 40.8 Å². The standard InChI is InChI=1S/C16H15F2NO4S/c1-16(2,3)23-15(22)19-11-7-12(24-13(11)14(20)21)9-5-4-8(17)6-10(9)18/h4-7H,1-3H3,(H,19,22)(H,20,21). The number of carboxylic acids is 1. The molecule has 1 aromatic carbocycles. The molecule has 0 aliphatic carbocycles. The fourth-order valence-corrected chi connectivity index (χ4v) is 2.86. The zero-order valence-corrected chi connectivity index (χ0v) is 14.0. The lowest BCUT2D eigenvalue weighted by Crippen LogP contribution is -2.27. The van der Waals surface area contributed by atoms with Crippen LogP contribution in [0.4, 0.5) is 19.3 Å². The molecule has 2 rings (SSSR count). The first-order chi connectivity index (χ1) is 11.1. The third-order valence-corrected chi connectivity index (χ3v) is 3.91. The van der Waals surface area contributed by atoms with E-state index in [4.69, 9.17) is 4.74 Å². The first-order valence-corrected chi connectivity index (χ1v) is 7.71. The number of carboxylic acid groups (broad SMARTS) is 1. The van der Waals surface area contributed by atoms with Crippen LogP contribution in [0.2, 0.25) is 0 Å². The molecule has 0 radical (unpaired) electrons. The second-order valence-corrected chi connectivity index (χ2v) is 6.96. The van der Waals surface area contributed by atoms with Gasteiger partial charge in [0.15, 0.2) is 0 Å². The monoisotopic (exact) mass is 355 g/mol. The average molecular weight is 355 g/mol. The number of nitrogens with one attached hydrogen (secondary N) is 1. The number of hydrogen-bond acceptors (Lipinski definition) is 4. The first-order valence-electron chi connectivity index (χ1n) is 6.89. The quantitative estimate of drug-likeness (QED) is 0.834. The minimum Gasteiger partial charge on any atom is -0.477 e. The largest absolute Gasteiger partial charge is 0.477 e. The van der Waals surface area contributed by atoms with E-state index < -0.39 is 29.3 Å². The zero-order chi connectivity index (χ0) is 18.1. The molecule has 2 N–H and O–H groups in total. The van der Waals surface area contributed by atoms with E-state index in [-0.39, 0.29) is 21.0 Å². The molecule has 0 aliphatic rings. The predicted octanol–water partition coefficient (Wildman–Crippen LogP) is 4.74. The fourth-order valence-electron chi connectivity index (χ4n) is 1.88. The molecule has 5 nitrogen and oxygen atoms in total. The van der Waals surface area contributed by atoms with Gasteiger partial charge in [-0.1, -0.05) is 0 Å². The van der Waals surface area contributed by atoms with Crippen molar-refractivity contribution in [2.45, 2.75) is 26.4 Å². The van der Waals surface area contributed by atoms with Crippen molar-refractivity contribution in [1.82, 2.24) is 0 Å². The second kappa shape index (κ2) is 6.56. The maximum absolute atomic E-state index is 13.9. The normalized spacial score (nSPS) is 11.2.